The molecule has 0 saturated heterocycles. The number of rotatable bonds is 3. The molecule has 0 aliphatic carbocycles. The van der Waals surface area contributed by atoms with Gasteiger partial charge in [0.2, 0.25) is 5.91 Å². The number of hydrogen-bond donors (Lipinski definition) is 1. The molecule has 3 heterocycles. The molecule has 1 atom stereocenters. The number of nitrogens with two attached hydrogens (primary N) is 1. The molecular formula is C28H19ClN4O3. The Morgan fingerprint density at radius 1 is 1.03 bits per heavy atom. The van der Waals surface area contributed by atoms with Crippen molar-refractivity contribution in [2.24, 2.45) is 5.73 Å². The largest absolute Gasteiger partial charge is 0.456 e. The number of nitriles is 1. The predicted molar refractivity (Wildman–Crippen MR) is 134 cm³/mol. The van der Waals surface area contributed by atoms with E-state index in [9.17, 15) is 14.9 Å². The van der Waals surface area contributed by atoms with E-state index in [1.54, 1.807) is 34.1 Å². The van der Waals surface area contributed by atoms with Crippen LogP contribution in [0.25, 0.3) is 0 Å². The van der Waals surface area contributed by atoms with Gasteiger partial charge in [0.05, 0.1) is 23.4 Å². The number of fused-ring (bicyclic) bond motifs is 3. The third-order valence-electron chi connectivity index (χ3n) is 6.87. The lowest BCUT2D eigenvalue weighted by Gasteiger charge is -2.38. The number of anilines is 2. The molecule has 3 aliphatic heterocycles. The van der Waals surface area contributed by atoms with Crippen LogP contribution in [0.5, 0.6) is 0 Å². The van der Waals surface area contributed by atoms with Gasteiger partial charge in [-0.15, -0.1) is 0 Å². The first-order valence-electron chi connectivity index (χ1n) is 11.3. The summed E-state index contributed by atoms with van der Waals surface area (Å²) < 4.78 is 5.48. The van der Waals surface area contributed by atoms with Crippen molar-refractivity contribution < 1.29 is 14.3 Å². The number of esters is 1. The number of halogens is 1. The third-order valence-corrected chi connectivity index (χ3v) is 7.11. The number of nitrogens with zero attached hydrogens (tertiary/aromatic N) is 3. The van der Waals surface area contributed by atoms with Gasteiger partial charge in [0.15, 0.2) is 0 Å². The Morgan fingerprint density at radius 2 is 1.78 bits per heavy atom. The Balaban J connectivity index is 1.62. The average molecular weight is 495 g/mol. The molecule has 0 aromatic heterocycles. The van der Waals surface area contributed by atoms with Crippen LogP contribution in [0.1, 0.15) is 11.1 Å². The van der Waals surface area contributed by atoms with Crippen molar-refractivity contribution in [2.75, 3.05) is 16.4 Å². The predicted octanol–water partition coefficient (Wildman–Crippen LogP) is 4.15. The number of amides is 1. The minimum Gasteiger partial charge on any atom is -0.456 e. The average Bonchev–Trinajstić information content (AvgIpc) is 3.37. The second kappa shape index (κ2) is 8.01. The van der Waals surface area contributed by atoms with Crippen molar-refractivity contribution in [3.63, 3.8) is 0 Å². The van der Waals surface area contributed by atoms with Crippen LogP contribution < -0.4 is 15.5 Å². The number of carbonyl (C=O) groups excluding carboxylic acids is 2. The van der Waals surface area contributed by atoms with Crippen molar-refractivity contribution in [3.8, 4) is 6.07 Å². The molecule has 0 saturated carbocycles. The van der Waals surface area contributed by atoms with E-state index in [2.05, 4.69) is 6.07 Å². The molecule has 0 fully saturated rings. The van der Waals surface area contributed by atoms with Crippen LogP contribution in [0.4, 0.5) is 11.4 Å². The van der Waals surface area contributed by atoms with E-state index in [1.807, 2.05) is 54.6 Å². The van der Waals surface area contributed by atoms with Crippen LogP contribution in [0.2, 0.25) is 5.02 Å². The van der Waals surface area contributed by atoms with Gasteiger partial charge >= 0.3 is 5.97 Å². The molecule has 3 aromatic rings. The quantitative estimate of drug-likeness (QED) is 0.549. The highest BCUT2D eigenvalue weighted by Gasteiger charge is 2.63. The van der Waals surface area contributed by atoms with Gasteiger partial charge in [-0.05, 0) is 35.9 Å². The van der Waals surface area contributed by atoms with Gasteiger partial charge in [0.25, 0.3) is 0 Å². The maximum Gasteiger partial charge on any atom is 0.338 e. The number of hydrogen-bond acceptors (Lipinski definition) is 6. The standard InChI is InChI=1S/C28H19ClN4O3/c29-18-8-6-7-17(13-18)15-32-22-12-5-4-11-20(22)28(27(32)35)21(14-30)25(31)33(19-9-2-1-3-10-19)23-16-36-26(34)24(23)28/h1-13H,15-16,31H2. The summed E-state index contributed by atoms with van der Waals surface area (Å²) in [5.74, 6) is -0.977. The Bertz CT molecular complexity index is 1560. The summed E-state index contributed by atoms with van der Waals surface area (Å²) in [4.78, 5) is 31.0. The summed E-state index contributed by atoms with van der Waals surface area (Å²) in [5.41, 5.74) is 8.12. The zero-order chi connectivity index (χ0) is 25.0. The zero-order valence-corrected chi connectivity index (χ0v) is 19.7. The highest BCUT2D eigenvalue weighted by molar-refractivity contribution is 6.30. The maximum absolute atomic E-state index is 14.5. The summed E-state index contributed by atoms with van der Waals surface area (Å²) in [6.07, 6.45) is 0. The van der Waals surface area contributed by atoms with Gasteiger partial charge in [-0.2, -0.15) is 5.26 Å². The molecule has 7 nitrogen and oxygen atoms in total. The molecule has 3 aromatic carbocycles. The van der Waals surface area contributed by atoms with Crippen molar-refractivity contribution in [2.45, 2.75) is 12.0 Å². The Hall–Kier alpha value is -4.54. The Labute approximate surface area is 212 Å². The molecule has 2 N–H and O–H groups in total. The van der Waals surface area contributed by atoms with E-state index in [1.165, 1.54) is 0 Å². The fourth-order valence-corrected chi connectivity index (χ4v) is 5.65. The van der Waals surface area contributed by atoms with E-state index in [0.717, 1.165) is 5.56 Å². The smallest absolute Gasteiger partial charge is 0.338 e. The molecule has 0 bridgehead atoms. The SMILES string of the molecule is N#CC1=C(N)N(c2ccccc2)C2=C(C(=O)OC2)C12C(=O)N(Cc1cccc(Cl)c1)c1ccccc12. The first kappa shape index (κ1) is 22.0. The van der Waals surface area contributed by atoms with Gasteiger partial charge in [0.1, 0.15) is 23.9 Å². The van der Waals surface area contributed by atoms with Crippen LogP contribution in [0.3, 0.4) is 0 Å². The van der Waals surface area contributed by atoms with Gasteiger partial charge < -0.3 is 15.4 Å². The Kier molecular flexibility index (Phi) is 4.88. The van der Waals surface area contributed by atoms with Crippen molar-refractivity contribution in [1.29, 1.82) is 5.26 Å². The Morgan fingerprint density at radius 3 is 2.53 bits per heavy atom. The van der Waals surface area contributed by atoms with Gasteiger partial charge in [0, 0.05) is 22.0 Å². The van der Waals surface area contributed by atoms with Crippen LogP contribution in [-0.4, -0.2) is 18.5 Å². The second-order valence-corrected chi connectivity index (χ2v) is 9.17. The molecule has 1 spiro atoms. The van der Waals surface area contributed by atoms with E-state index < -0.39 is 17.3 Å². The summed E-state index contributed by atoms with van der Waals surface area (Å²) >= 11 is 6.20. The number of para-hydroxylation sites is 2. The lowest BCUT2D eigenvalue weighted by molar-refractivity contribution is -0.137. The molecule has 1 amide bonds. The van der Waals surface area contributed by atoms with Crippen LogP contribution in [0, 0.1) is 11.3 Å². The van der Waals surface area contributed by atoms with Gasteiger partial charge in [-0.1, -0.05) is 60.1 Å². The monoisotopic (exact) mass is 494 g/mol. The van der Waals surface area contributed by atoms with Gasteiger partial charge in [-0.25, -0.2) is 4.79 Å². The van der Waals surface area contributed by atoms with Gasteiger partial charge in [-0.3, -0.25) is 9.69 Å². The minimum atomic E-state index is -1.71. The summed E-state index contributed by atoms with van der Waals surface area (Å²) in [6.45, 7) is 0.144. The molecule has 176 valence electrons. The zero-order valence-electron chi connectivity index (χ0n) is 18.9. The first-order chi connectivity index (χ1) is 17.5. The fourth-order valence-electron chi connectivity index (χ4n) is 5.44. The maximum atomic E-state index is 14.5. The lowest BCUT2D eigenvalue weighted by Crippen LogP contribution is -2.50. The van der Waals surface area contributed by atoms with E-state index in [-0.39, 0.29) is 30.1 Å². The molecule has 36 heavy (non-hydrogen) atoms. The molecule has 1 unspecified atom stereocenters. The summed E-state index contributed by atoms with van der Waals surface area (Å²) in [7, 11) is 0. The molecule has 6 rings (SSSR count). The van der Waals surface area contributed by atoms with Crippen LogP contribution in [-0.2, 0) is 26.3 Å². The normalized spacial score (nSPS) is 20.6. The van der Waals surface area contributed by atoms with Crippen molar-refractivity contribution in [1.82, 2.24) is 0 Å². The molecular weight excluding hydrogens is 476 g/mol. The number of ether oxygens (including phenoxy) is 1. The highest BCUT2D eigenvalue weighted by Crippen LogP contribution is 2.56. The first-order valence-corrected chi connectivity index (χ1v) is 11.7. The fraction of sp³-hybridized carbons (Fsp3) is 0.107. The van der Waals surface area contributed by atoms with Crippen molar-refractivity contribution in [3.05, 3.63) is 118 Å². The minimum absolute atomic E-state index is 0.00463. The van der Waals surface area contributed by atoms with E-state index in [4.69, 9.17) is 22.1 Å². The summed E-state index contributed by atoms with van der Waals surface area (Å²) in [6, 6.07) is 25.8. The van der Waals surface area contributed by atoms with Crippen LogP contribution >= 0.6 is 11.6 Å². The molecule has 8 heteroatoms. The van der Waals surface area contributed by atoms with E-state index in [0.29, 0.717) is 27.7 Å². The second-order valence-electron chi connectivity index (χ2n) is 8.73. The van der Waals surface area contributed by atoms with E-state index >= 15 is 0 Å². The third kappa shape index (κ3) is 2.85. The lowest BCUT2D eigenvalue weighted by atomic mass is 9.67. The number of cyclic esters (lactones) is 1. The molecule has 0 radical (unpaired) electrons. The van der Waals surface area contributed by atoms with Crippen LogP contribution in [0.15, 0.2) is 102 Å². The summed E-state index contributed by atoms with van der Waals surface area (Å²) in [5, 5.41) is 11.0. The molecule has 3 aliphatic rings. The number of benzene rings is 3. The number of carbonyl (C=O) groups is 2. The topological polar surface area (TPSA) is 99.7 Å². The highest BCUT2D eigenvalue weighted by atomic mass is 35.5. The van der Waals surface area contributed by atoms with Crippen molar-refractivity contribution >= 4 is 34.9 Å².